The molecule has 0 aromatic heterocycles. The normalized spacial score (nSPS) is 11.9. The van der Waals surface area contributed by atoms with E-state index in [9.17, 15) is 14.7 Å². The molecule has 0 aliphatic carbocycles. The second-order valence-electron chi connectivity index (χ2n) is 3.97. The van der Waals surface area contributed by atoms with Crippen molar-refractivity contribution in [1.82, 2.24) is 0 Å². The van der Waals surface area contributed by atoms with Gasteiger partial charge in [-0.25, -0.2) is 9.59 Å². The highest BCUT2D eigenvalue weighted by atomic mass is 16.6. The number of ether oxygens (including phenoxy) is 1. The molecule has 0 amide bonds. The summed E-state index contributed by atoms with van der Waals surface area (Å²) in [7, 11) is 0. The summed E-state index contributed by atoms with van der Waals surface area (Å²) in [6.07, 6.45) is 2.18. The van der Waals surface area contributed by atoms with Gasteiger partial charge in [-0.3, -0.25) is 0 Å². The van der Waals surface area contributed by atoms with Crippen molar-refractivity contribution >= 4 is 11.9 Å². The average molecular weight is 251 g/mol. The van der Waals surface area contributed by atoms with E-state index in [2.05, 4.69) is 4.74 Å². The van der Waals surface area contributed by atoms with Gasteiger partial charge in [-0.1, -0.05) is 31.9 Å². The first-order valence-corrected chi connectivity index (χ1v) is 5.85. The summed E-state index contributed by atoms with van der Waals surface area (Å²) in [5.41, 5.74) is 5.53. The largest absolute Gasteiger partial charge is 0.507 e. The Bertz CT molecular complexity index is 431. The predicted octanol–water partition coefficient (Wildman–Crippen LogP) is 1.59. The molecule has 3 N–H and O–H groups in total. The fourth-order valence-corrected chi connectivity index (χ4v) is 1.41. The number of esters is 2. The number of phenolic OH excluding ortho intramolecular Hbond substituents is 1. The van der Waals surface area contributed by atoms with E-state index >= 15 is 0 Å². The molecule has 0 radical (unpaired) electrons. The maximum absolute atomic E-state index is 11.6. The van der Waals surface area contributed by atoms with E-state index in [0.717, 1.165) is 12.8 Å². The first-order valence-electron chi connectivity index (χ1n) is 5.85. The summed E-state index contributed by atoms with van der Waals surface area (Å²) in [4.78, 5) is 23.1. The first kappa shape index (κ1) is 14.2. The van der Waals surface area contributed by atoms with E-state index in [1.165, 1.54) is 12.1 Å². The zero-order valence-corrected chi connectivity index (χ0v) is 10.3. The molecule has 0 aliphatic heterocycles. The second-order valence-corrected chi connectivity index (χ2v) is 3.97. The highest BCUT2D eigenvalue weighted by molar-refractivity contribution is 5.99. The quantitative estimate of drug-likeness (QED) is 0.612. The van der Waals surface area contributed by atoms with Crippen molar-refractivity contribution in [3.8, 4) is 5.75 Å². The van der Waals surface area contributed by atoms with Crippen LogP contribution in [0.1, 0.15) is 36.5 Å². The van der Waals surface area contributed by atoms with Crippen LogP contribution in [0.5, 0.6) is 5.75 Å². The first-order chi connectivity index (χ1) is 8.56. The number of carbonyl (C=O) groups excluding carboxylic acids is 2. The highest BCUT2D eigenvalue weighted by Crippen LogP contribution is 2.16. The van der Waals surface area contributed by atoms with Crippen LogP contribution in [0.3, 0.4) is 0 Å². The smallest absolute Gasteiger partial charge is 0.349 e. The van der Waals surface area contributed by atoms with E-state index in [4.69, 9.17) is 5.73 Å². The third kappa shape index (κ3) is 3.85. The maximum Gasteiger partial charge on any atom is 0.349 e. The van der Waals surface area contributed by atoms with Gasteiger partial charge in [-0.2, -0.15) is 0 Å². The lowest BCUT2D eigenvalue weighted by Gasteiger charge is -2.10. The lowest BCUT2D eigenvalue weighted by Crippen LogP contribution is -2.33. The van der Waals surface area contributed by atoms with Crippen LogP contribution in [0.15, 0.2) is 24.3 Å². The van der Waals surface area contributed by atoms with Crippen LogP contribution in [0.25, 0.3) is 0 Å². The van der Waals surface area contributed by atoms with Gasteiger partial charge >= 0.3 is 11.9 Å². The third-order valence-electron chi connectivity index (χ3n) is 2.49. The average Bonchev–Trinajstić information content (AvgIpc) is 2.36. The number of aromatic hydroxyl groups is 1. The van der Waals surface area contributed by atoms with E-state index in [0.29, 0.717) is 6.42 Å². The SMILES string of the molecule is CCCCC(N)C(=O)OC(=O)c1ccccc1O. The number of benzene rings is 1. The van der Waals surface area contributed by atoms with Gasteiger partial charge in [-0.05, 0) is 18.6 Å². The van der Waals surface area contributed by atoms with Crippen molar-refractivity contribution in [2.24, 2.45) is 5.73 Å². The molecule has 5 heteroatoms. The molecule has 0 aliphatic rings. The van der Waals surface area contributed by atoms with Crippen molar-refractivity contribution in [2.75, 3.05) is 0 Å². The molecular weight excluding hydrogens is 234 g/mol. The van der Waals surface area contributed by atoms with Crippen molar-refractivity contribution in [3.63, 3.8) is 0 Å². The lowest BCUT2D eigenvalue weighted by molar-refractivity contribution is -0.139. The van der Waals surface area contributed by atoms with Gasteiger partial charge in [0.2, 0.25) is 0 Å². The molecule has 1 atom stereocenters. The monoisotopic (exact) mass is 251 g/mol. The summed E-state index contributed by atoms with van der Waals surface area (Å²) >= 11 is 0. The Morgan fingerprint density at radius 1 is 1.39 bits per heavy atom. The highest BCUT2D eigenvalue weighted by Gasteiger charge is 2.20. The molecule has 0 heterocycles. The van der Waals surface area contributed by atoms with E-state index in [1.54, 1.807) is 12.1 Å². The number of unbranched alkanes of at least 4 members (excludes halogenated alkanes) is 1. The number of hydrogen-bond acceptors (Lipinski definition) is 5. The summed E-state index contributed by atoms with van der Waals surface area (Å²) in [6.45, 7) is 1.98. The Hall–Kier alpha value is -1.88. The van der Waals surface area contributed by atoms with Gasteiger partial charge in [0.1, 0.15) is 17.4 Å². The second kappa shape index (κ2) is 6.76. The molecular formula is C13H17NO4. The number of carbonyl (C=O) groups is 2. The number of nitrogens with two attached hydrogens (primary N) is 1. The van der Waals surface area contributed by atoms with Gasteiger partial charge in [0.25, 0.3) is 0 Å². The third-order valence-corrected chi connectivity index (χ3v) is 2.49. The molecule has 1 aromatic rings. The molecule has 1 rings (SSSR count). The molecule has 98 valence electrons. The Kier molecular flexibility index (Phi) is 5.32. The lowest BCUT2D eigenvalue weighted by atomic mass is 10.1. The number of rotatable bonds is 5. The molecule has 5 nitrogen and oxygen atoms in total. The predicted molar refractivity (Wildman–Crippen MR) is 66.0 cm³/mol. The van der Waals surface area contributed by atoms with Crippen molar-refractivity contribution < 1.29 is 19.4 Å². The number of hydrogen-bond donors (Lipinski definition) is 2. The Balaban J connectivity index is 2.60. The Labute approximate surface area is 106 Å². The molecule has 1 aromatic carbocycles. The van der Waals surface area contributed by atoms with Crippen LogP contribution in [-0.2, 0) is 9.53 Å². The molecule has 0 spiro atoms. The van der Waals surface area contributed by atoms with Crippen LogP contribution >= 0.6 is 0 Å². The van der Waals surface area contributed by atoms with Gasteiger partial charge in [0, 0.05) is 0 Å². The fraction of sp³-hybridized carbons (Fsp3) is 0.385. The summed E-state index contributed by atoms with van der Waals surface area (Å²) in [5, 5.41) is 9.43. The fourth-order valence-electron chi connectivity index (χ4n) is 1.41. The van der Waals surface area contributed by atoms with E-state index in [1.807, 2.05) is 6.92 Å². The molecule has 0 saturated heterocycles. The van der Waals surface area contributed by atoms with Crippen molar-refractivity contribution in [1.29, 1.82) is 0 Å². The summed E-state index contributed by atoms with van der Waals surface area (Å²) in [6, 6.07) is 5.05. The topological polar surface area (TPSA) is 89.6 Å². The zero-order chi connectivity index (χ0) is 13.5. The Morgan fingerprint density at radius 3 is 2.67 bits per heavy atom. The van der Waals surface area contributed by atoms with Crippen LogP contribution < -0.4 is 5.73 Å². The molecule has 1 unspecified atom stereocenters. The van der Waals surface area contributed by atoms with Crippen LogP contribution in [0, 0.1) is 0 Å². The summed E-state index contributed by atoms with van der Waals surface area (Å²) in [5.74, 6) is -1.88. The Morgan fingerprint density at radius 2 is 2.06 bits per heavy atom. The zero-order valence-electron chi connectivity index (χ0n) is 10.3. The van der Waals surface area contributed by atoms with E-state index < -0.39 is 18.0 Å². The molecule has 18 heavy (non-hydrogen) atoms. The van der Waals surface area contributed by atoms with Crippen LogP contribution in [0.2, 0.25) is 0 Å². The standard InChI is InChI=1S/C13H17NO4/c1-2-3-7-10(14)13(17)18-12(16)9-6-4-5-8-11(9)15/h4-6,8,10,15H,2-3,7,14H2,1H3. The van der Waals surface area contributed by atoms with Crippen LogP contribution in [-0.4, -0.2) is 23.1 Å². The summed E-state index contributed by atoms with van der Waals surface area (Å²) < 4.78 is 4.61. The van der Waals surface area contributed by atoms with Crippen molar-refractivity contribution in [2.45, 2.75) is 32.2 Å². The van der Waals surface area contributed by atoms with Gasteiger partial charge < -0.3 is 15.6 Å². The molecule has 0 saturated carbocycles. The van der Waals surface area contributed by atoms with Gasteiger partial charge in [-0.15, -0.1) is 0 Å². The van der Waals surface area contributed by atoms with E-state index in [-0.39, 0.29) is 11.3 Å². The van der Waals surface area contributed by atoms with Gasteiger partial charge in [0.15, 0.2) is 0 Å². The number of para-hydroxylation sites is 1. The molecule has 0 fully saturated rings. The van der Waals surface area contributed by atoms with Crippen LogP contribution in [0.4, 0.5) is 0 Å². The molecule has 0 bridgehead atoms. The minimum Gasteiger partial charge on any atom is -0.507 e. The maximum atomic E-state index is 11.6. The van der Waals surface area contributed by atoms with Crippen molar-refractivity contribution in [3.05, 3.63) is 29.8 Å². The number of phenols is 1. The van der Waals surface area contributed by atoms with Gasteiger partial charge in [0.05, 0.1) is 0 Å². The minimum absolute atomic E-state index is 0.0476. The minimum atomic E-state index is -0.884.